The number of carboxylic acid groups (broad SMARTS) is 1. The van der Waals surface area contributed by atoms with Crippen molar-refractivity contribution in [1.29, 1.82) is 0 Å². The van der Waals surface area contributed by atoms with Crippen molar-refractivity contribution in [3.63, 3.8) is 0 Å². The van der Waals surface area contributed by atoms with Crippen LogP contribution in [0.15, 0.2) is 0 Å². The second kappa shape index (κ2) is 4.92. The Labute approximate surface area is 82.1 Å². The van der Waals surface area contributed by atoms with Gasteiger partial charge in [-0.05, 0) is 6.92 Å². The van der Waals surface area contributed by atoms with Gasteiger partial charge in [-0.2, -0.15) is 0 Å². The molecule has 0 aromatic rings. The van der Waals surface area contributed by atoms with Gasteiger partial charge in [0, 0.05) is 19.6 Å². The van der Waals surface area contributed by atoms with Crippen molar-refractivity contribution in [3.05, 3.63) is 0 Å². The van der Waals surface area contributed by atoms with Crippen LogP contribution in [0.3, 0.4) is 0 Å². The average molecular weight is 201 g/mol. The number of carbonyl (C=O) groups is 2. The summed E-state index contributed by atoms with van der Waals surface area (Å²) >= 11 is 0. The quantitative estimate of drug-likeness (QED) is 0.430. The largest absolute Gasteiger partial charge is 0.480 e. The van der Waals surface area contributed by atoms with Gasteiger partial charge in [-0.15, -0.1) is 0 Å². The molecular weight excluding hydrogens is 186 g/mol. The zero-order valence-electron chi connectivity index (χ0n) is 8.04. The van der Waals surface area contributed by atoms with Crippen molar-refractivity contribution >= 4 is 11.9 Å². The van der Waals surface area contributed by atoms with Crippen molar-refractivity contribution in [2.75, 3.05) is 19.6 Å². The third-order valence-electron chi connectivity index (χ3n) is 2.09. The second-order valence-corrected chi connectivity index (χ2v) is 3.28. The standard InChI is InChI=1S/C8H15N3O3/c1-5(8(13)14)11-7(12)6-4-9-2-3-10-6/h5-6,9-10H,2-4H2,1H3,(H,11,12)(H,13,14)/t5-,6?/m0/s1. The number of nitrogens with one attached hydrogen (secondary N) is 3. The SMILES string of the molecule is C[C@H](NC(=O)C1CNCCN1)C(=O)O. The van der Waals surface area contributed by atoms with Gasteiger partial charge in [0.25, 0.3) is 0 Å². The third-order valence-corrected chi connectivity index (χ3v) is 2.09. The maximum Gasteiger partial charge on any atom is 0.325 e. The molecule has 1 fully saturated rings. The molecule has 1 saturated heterocycles. The van der Waals surface area contributed by atoms with Crippen LogP contribution in [0.2, 0.25) is 0 Å². The molecule has 6 heteroatoms. The maximum atomic E-state index is 11.4. The molecule has 0 aromatic carbocycles. The van der Waals surface area contributed by atoms with E-state index in [1.807, 2.05) is 0 Å². The van der Waals surface area contributed by atoms with Gasteiger partial charge in [-0.1, -0.05) is 0 Å². The van der Waals surface area contributed by atoms with Gasteiger partial charge in [0.05, 0.1) is 6.04 Å². The number of amides is 1. The van der Waals surface area contributed by atoms with E-state index in [0.717, 1.165) is 13.1 Å². The summed E-state index contributed by atoms with van der Waals surface area (Å²) in [5, 5.41) is 17.0. The van der Waals surface area contributed by atoms with E-state index in [-0.39, 0.29) is 11.9 Å². The zero-order valence-corrected chi connectivity index (χ0v) is 8.04. The van der Waals surface area contributed by atoms with Crippen molar-refractivity contribution < 1.29 is 14.7 Å². The summed E-state index contributed by atoms with van der Waals surface area (Å²) in [6.45, 7) is 3.53. The number of hydrogen-bond acceptors (Lipinski definition) is 4. The Bertz CT molecular complexity index is 226. The first-order valence-electron chi connectivity index (χ1n) is 4.58. The smallest absolute Gasteiger partial charge is 0.325 e. The van der Waals surface area contributed by atoms with E-state index in [4.69, 9.17) is 5.11 Å². The minimum absolute atomic E-state index is 0.271. The lowest BCUT2D eigenvalue weighted by Gasteiger charge is -2.24. The Balaban J connectivity index is 2.36. The molecule has 1 amide bonds. The molecule has 1 aliphatic heterocycles. The Morgan fingerprint density at radius 3 is 2.71 bits per heavy atom. The average Bonchev–Trinajstić information content (AvgIpc) is 2.19. The van der Waals surface area contributed by atoms with Crippen molar-refractivity contribution in [3.8, 4) is 0 Å². The predicted octanol–water partition coefficient (Wildman–Crippen LogP) is -1.86. The van der Waals surface area contributed by atoms with Crippen LogP contribution in [0.4, 0.5) is 0 Å². The lowest BCUT2D eigenvalue weighted by atomic mass is 10.2. The first-order valence-corrected chi connectivity index (χ1v) is 4.58. The van der Waals surface area contributed by atoms with E-state index >= 15 is 0 Å². The summed E-state index contributed by atoms with van der Waals surface area (Å²) in [4.78, 5) is 21.9. The Morgan fingerprint density at radius 1 is 1.50 bits per heavy atom. The van der Waals surface area contributed by atoms with Gasteiger partial charge in [-0.25, -0.2) is 0 Å². The molecule has 0 aliphatic carbocycles. The topological polar surface area (TPSA) is 90.5 Å². The first-order chi connectivity index (χ1) is 6.61. The molecule has 0 radical (unpaired) electrons. The van der Waals surface area contributed by atoms with E-state index in [1.54, 1.807) is 0 Å². The minimum Gasteiger partial charge on any atom is -0.480 e. The molecule has 0 bridgehead atoms. The second-order valence-electron chi connectivity index (χ2n) is 3.28. The molecule has 4 N–H and O–H groups in total. The van der Waals surface area contributed by atoms with E-state index in [0.29, 0.717) is 6.54 Å². The molecule has 80 valence electrons. The van der Waals surface area contributed by atoms with E-state index in [1.165, 1.54) is 6.92 Å². The van der Waals surface area contributed by atoms with Gasteiger partial charge < -0.3 is 21.1 Å². The number of piperazine rings is 1. The van der Waals surface area contributed by atoms with E-state index in [9.17, 15) is 9.59 Å². The normalized spacial score (nSPS) is 23.9. The first kappa shape index (κ1) is 10.9. The Morgan fingerprint density at radius 2 is 2.21 bits per heavy atom. The number of hydrogen-bond donors (Lipinski definition) is 4. The molecule has 1 rings (SSSR count). The molecule has 1 heterocycles. The minimum atomic E-state index is -1.03. The third kappa shape index (κ3) is 2.97. The highest BCUT2D eigenvalue weighted by Gasteiger charge is 2.23. The molecule has 1 aliphatic rings. The van der Waals surface area contributed by atoms with Crippen LogP contribution in [0.25, 0.3) is 0 Å². The predicted molar refractivity (Wildman–Crippen MR) is 49.9 cm³/mol. The fraction of sp³-hybridized carbons (Fsp3) is 0.750. The van der Waals surface area contributed by atoms with Gasteiger partial charge in [0.1, 0.15) is 6.04 Å². The molecule has 1 unspecified atom stereocenters. The van der Waals surface area contributed by atoms with E-state index < -0.39 is 12.0 Å². The molecule has 2 atom stereocenters. The summed E-state index contributed by atoms with van der Waals surface area (Å²) in [5.74, 6) is -1.30. The summed E-state index contributed by atoms with van der Waals surface area (Å²) in [6.07, 6.45) is 0. The van der Waals surface area contributed by atoms with Crippen LogP contribution in [-0.2, 0) is 9.59 Å². The van der Waals surface area contributed by atoms with Crippen molar-refractivity contribution in [2.45, 2.75) is 19.0 Å². The summed E-state index contributed by atoms with van der Waals surface area (Å²) in [6, 6.07) is -1.17. The monoisotopic (exact) mass is 201 g/mol. The van der Waals surface area contributed by atoms with Crippen LogP contribution in [0, 0.1) is 0 Å². The fourth-order valence-corrected chi connectivity index (χ4v) is 1.21. The van der Waals surface area contributed by atoms with Crippen LogP contribution in [0.1, 0.15) is 6.92 Å². The zero-order chi connectivity index (χ0) is 10.6. The maximum absolute atomic E-state index is 11.4. The van der Waals surface area contributed by atoms with Crippen LogP contribution >= 0.6 is 0 Å². The number of carbonyl (C=O) groups excluding carboxylic acids is 1. The van der Waals surface area contributed by atoms with E-state index in [2.05, 4.69) is 16.0 Å². The highest BCUT2D eigenvalue weighted by Crippen LogP contribution is 1.89. The number of carboxylic acids is 1. The van der Waals surface area contributed by atoms with Crippen LogP contribution in [0.5, 0.6) is 0 Å². The molecule has 0 saturated carbocycles. The Hall–Kier alpha value is -1.14. The Kier molecular flexibility index (Phi) is 3.84. The van der Waals surface area contributed by atoms with Crippen molar-refractivity contribution in [1.82, 2.24) is 16.0 Å². The molecule has 0 spiro atoms. The van der Waals surface area contributed by atoms with Gasteiger partial charge in [-0.3, -0.25) is 9.59 Å². The highest BCUT2D eigenvalue weighted by molar-refractivity contribution is 5.86. The molecule has 14 heavy (non-hydrogen) atoms. The summed E-state index contributed by atoms with van der Waals surface area (Å²) < 4.78 is 0. The van der Waals surface area contributed by atoms with Gasteiger partial charge in [0.2, 0.25) is 5.91 Å². The number of aliphatic carboxylic acids is 1. The number of rotatable bonds is 3. The lowest BCUT2D eigenvalue weighted by molar-refractivity contribution is -0.141. The van der Waals surface area contributed by atoms with Gasteiger partial charge >= 0.3 is 5.97 Å². The molecule has 6 nitrogen and oxygen atoms in total. The lowest BCUT2D eigenvalue weighted by Crippen LogP contribution is -2.57. The summed E-state index contributed by atoms with van der Waals surface area (Å²) in [5.41, 5.74) is 0. The molecule has 0 aromatic heterocycles. The van der Waals surface area contributed by atoms with Crippen LogP contribution < -0.4 is 16.0 Å². The highest BCUT2D eigenvalue weighted by atomic mass is 16.4. The van der Waals surface area contributed by atoms with Gasteiger partial charge in [0.15, 0.2) is 0 Å². The summed E-state index contributed by atoms with van der Waals surface area (Å²) in [7, 11) is 0. The van der Waals surface area contributed by atoms with Crippen molar-refractivity contribution in [2.24, 2.45) is 0 Å². The molecular formula is C8H15N3O3. The fourth-order valence-electron chi connectivity index (χ4n) is 1.21. The van der Waals surface area contributed by atoms with Crippen LogP contribution in [-0.4, -0.2) is 48.7 Å².